The molecule has 0 saturated heterocycles. The van der Waals surface area contributed by atoms with E-state index >= 15 is 0 Å². The highest BCUT2D eigenvalue weighted by molar-refractivity contribution is 7.81. The summed E-state index contributed by atoms with van der Waals surface area (Å²) in [4.78, 5) is 52.8. The summed E-state index contributed by atoms with van der Waals surface area (Å²) < 4.78 is 23.6. The molecule has 0 heterocycles. The third kappa shape index (κ3) is 11.7. The van der Waals surface area contributed by atoms with Gasteiger partial charge < -0.3 is 18.9 Å². The Morgan fingerprint density at radius 2 is 0.556 bits per heavy atom. The fraction of sp³-hybridized carbons (Fsp3) is 0.879. The molecular formula is C33H52O8S4. The first-order valence-corrected chi connectivity index (χ1v) is 19.0. The van der Waals surface area contributed by atoms with E-state index in [0.717, 1.165) is 51.4 Å². The molecule has 0 atom stereocenters. The van der Waals surface area contributed by atoms with E-state index in [-0.39, 0.29) is 95.0 Å². The van der Waals surface area contributed by atoms with Gasteiger partial charge in [0.2, 0.25) is 0 Å². The number of hydrogen-bond acceptors (Lipinski definition) is 12. The van der Waals surface area contributed by atoms with Crippen LogP contribution in [0.25, 0.3) is 0 Å². The van der Waals surface area contributed by atoms with E-state index in [1.165, 1.54) is 0 Å². The molecule has 0 aromatic heterocycles. The first kappa shape index (κ1) is 37.1. The van der Waals surface area contributed by atoms with Gasteiger partial charge in [-0.15, -0.1) is 0 Å². The Hall–Kier alpha value is -0.720. The normalized spacial score (nSPS) is 33.7. The minimum Gasteiger partial charge on any atom is -0.464 e. The molecule has 0 bridgehead atoms. The van der Waals surface area contributed by atoms with Gasteiger partial charge in [0.05, 0.1) is 23.7 Å². The summed E-state index contributed by atoms with van der Waals surface area (Å²) in [5.74, 6) is -2.34. The minimum atomic E-state index is -1.24. The highest BCUT2D eigenvalue weighted by atomic mass is 32.1. The summed E-state index contributed by atoms with van der Waals surface area (Å²) in [6.07, 6.45) is 12.2. The van der Waals surface area contributed by atoms with Gasteiger partial charge in [-0.3, -0.25) is 19.2 Å². The average molecular weight is 705 g/mol. The molecule has 8 nitrogen and oxygen atoms in total. The topological polar surface area (TPSA) is 105 Å². The maximum Gasteiger partial charge on any atom is 0.308 e. The van der Waals surface area contributed by atoms with Crippen molar-refractivity contribution in [3.05, 3.63) is 0 Å². The van der Waals surface area contributed by atoms with Crippen LogP contribution in [0.15, 0.2) is 0 Å². The second kappa shape index (κ2) is 18.2. The number of carbonyl (C=O) groups excluding carboxylic acids is 4. The van der Waals surface area contributed by atoms with Crippen LogP contribution in [0.4, 0.5) is 0 Å². The van der Waals surface area contributed by atoms with E-state index in [4.69, 9.17) is 18.9 Å². The Balaban J connectivity index is 1.48. The average Bonchev–Trinajstić information content (AvgIpc) is 3.04. The standard InChI is InChI=1S/C33H52O8S4/c34-29(21-1-9-25(42)10-2-21)38-17-33(18-39-30(35)22-3-11-26(43)12-4-22,19-40-31(36)23-5-13-27(44)14-6-23)20-41-32(37)24-7-15-28(45)16-8-24/h21-28,42-45H,1-20H2. The molecule has 4 fully saturated rings. The van der Waals surface area contributed by atoms with Gasteiger partial charge in [-0.1, -0.05) is 0 Å². The zero-order chi connectivity index (χ0) is 32.4. The fourth-order valence-electron chi connectivity index (χ4n) is 6.86. The van der Waals surface area contributed by atoms with Gasteiger partial charge in [0.15, 0.2) is 0 Å². The lowest BCUT2D eigenvalue weighted by molar-refractivity contribution is -0.177. The van der Waals surface area contributed by atoms with Crippen LogP contribution in [0.5, 0.6) is 0 Å². The molecule has 0 aromatic rings. The Morgan fingerprint density at radius 3 is 0.733 bits per heavy atom. The van der Waals surface area contributed by atoms with Crippen LogP contribution < -0.4 is 0 Å². The van der Waals surface area contributed by atoms with Crippen LogP contribution in [0, 0.1) is 29.1 Å². The van der Waals surface area contributed by atoms with E-state index in [2.05, 4.69) is 50.5 Å². The molecule has 45 heavy (non-hydrogen) atoms. The molecule has 0 aromatic carbocycles. The molecule has 4 saturated carbocycles. The SMILES string of the molecule is O=C(OCC(COC(=O)C1CCC(S)CC1)(COC(=O)C1CCC(S)CC1)COC(=O)C1CCC(S)CC1)C1CCC(S)CC1. The van der Waals surface area contributed by atoms with Gasteiger partial charge in [0, 0.05) is 21.0 Å². The molecule has 0 radical (unpaired) electrons. The smallest absolute Gasteiger partial charge is 0.308 e. The molecule has 0 N–H and O–H groups in total. The maximum atomic E-state index is 13.2. The predicted molar refractivity (Wildman–Crippen MR) is 185 cm³/mol. The van der Waals surface area contributed by atoms with Crippen molar-refractivity contribution in [2.24, 2.45) is 29.1 Å². The number of esters is 4. The minimum absolute atomic E-state index is 0.198. The molecule has 0 amide bonds. The van der Waals surface area contributed by atoms with Crippen LogP contribution in [0.2, 0.25) is 0 Å². The van der Waals surface area contributed by atoms with E-state index in [1.807, 2.05) is 0 Å². The Morgan fingerprint density at radius 1 is 0.378 bits per heavy atom. The zero-order valence-corrected chi connectivity index (χ0v) is 29.9. The largest absolute Gasteiger partial charge is 0.464 e. The van der Waals surface area contributed by atoms with E-state index in [9.17, 15) is 19.2 Å². The second-order valence-electron chi connectivity index (χ2n) is 14.0. The first-order chi connectivity index (χ1) is 21.5. The van der Waals surface area contributed by atoms with Crippen molar-refractivity contribution in [1.29, 1.82) is 0 Å². The molecule has 0 unspecified atom stereocenters. The number of ether oxygens (including phenoxy) is 4. The lowest BCUT2D eigenvalue weighted by Crippen LogP contribution is -2.46. The van der Waals surface area contributed by atoms with Crippen LogP contribution >= 0.6 is 50.5 Å². The lowest BCUT2D eigenvalue weighted by atomic mass is 9.87. The molecule has 4 aliphatic rings. The molecule has 4 aliphatic carbocycles. The van der Waals surface area contributed by atoms with Gasteiger partial charge in [-0.25, -0.2) is 0 Å². The monoisotopic (exact) mass is 704 g/mol. The van der Waals surface area contributed by atoms with Crippen molar-refractivity contribution in [2.75, 3.05) is 26.4 Å². The summed E-state index contributed by atoms with van der Waals surface area (Å²) in [6.45, 7) is -0.791. The highest BCUT2D eigenvalue weighted by Crippen LogP contribution is 2.34. The first-order valence-electron chi connectivity index (χ1n) is 16.9. The molecule has 12 heteroatoms. The summed E-state index contributed by atoms with van der Waals surface area (Å²) in [7, 11) is 0. The van der Waals surface area contributed by atoms with Crippen molar-refractivity contribution in [1.82, 2.24) is 0 Å². The number of thiol groups is 4. The van der Waals surface area contributed by atoms with Crippen molar-refractivity contribution < 1.29 is 38.1 Å². The van der Waals surface area contributed by atoms with Gasteiger partial charge in [0.1, 0.15) is 31.8 Å². The van der Waals surface area contributed by atoms with Crippen LogP contribution in [0.3, 0.4) is 0 Å². The number of rotatable bonds is 12. The van der Waals surface area contributed by atoms with Crippen LogP contribution in [-0.2, 0) is 38.1 Å². The van der Waals surface area contributed by atoms with Gasteiger partial charge in [0.25, 0.3) is 0 Å². The van der Waals surface area contributed by atoms with E-state index in [1.54, 1.807) is 0 Å². The number of carbonyl (C=O) groups is 4. The van der Waals surface area contributed by atoms with Gasteiger partial charge in [-0.05, 0) is 103 Å². The Bertz CT molecular complexity index is 822. The molecule has 0 aliphatic heterocycles. The van der Waals surface area contributed by atoms with Gasteiger partial charge in [-0.2, -0.15) is 50.5 Å². The molecule has 4 rings (SSSR count). The summed E-state index contributed by atoms with van der Waals surface area (Å²) in [5.41, 5.74) is -1.24. The summed E-state index contributed by atoms with van der Waals surface area (Å²) in [5, 5.41) is 1.11. The second-order valence-corrected chi connectivity index (χ2v) is 16.9. The fourth-order valence-corrected chi connectivity index (χ4v) is 8.06. The molecular weight excluding hydrogens is 653 g/mol. The lowest BCUT2D eigenvalue weighted by Gasteiger charge is -2.35. The van der Waals surface area contributed by atoms with Crippen molar-refractivity contribution in [3.63, 3.8) is 0 Å². The summed E-state index contributed by atoms with van der Waals surface area (Å²) in [6, 6.07) is 0. The zero-order valence-electron chi connectivity index (χ0n) is 26.3. The third-order valence-corrected chi connectivity index (χ3v) is 12.3. The molecule has 256 valence electrons. The Labute approximate surface area is 290 Å². The van der Waals surface area contributed by atoms with Crippen molar-refractivity contribution >= 4 is 74.4 Å². The molecule has 0 spiro atoms. The maximum absolute atomic E-state index is 13.2. The third-order valence-electron chi connectivity index (χ3n) is 10.2. The van der Waals surface area contributed by atoms with Crippen molar-refractivity contribution in [2.45, 2.75) is 124 Å². The van der Waals surface area contributed by atoms with Crippen LogP contribution in [0.1, 0.15) is 103 Å². The predicted octanol–water partition coefficient (Wildman–Crippen LogP) is 6.10. The number of hydrogen-bond donors (Lipinski definition) is 4. The van der Waals surface area contributed by atoms with Gasteiger partial charge >= 0.3 is 23.9 Å². The highest BCUT2D eigenvalue weighted by Gasteiger charge is 2.41. The summed E-state index contributed by atoms with van der Waals surface area (Å²) >= 11 is 18.2. The van der Waals surface area contributed by atoms with E-state index in [0.29, 0.717) is 51.4 Å². The van der Waals surface area contributed by atoms with E-state index < -0.39 is 5.41 Å². The van der Waals surface area contributed by atoms with Crippen molar-refractivity contribution in [3.8, 4) is 0 Å². The quantitative estimate of drug-likeness (QED) is 0.110. The van der Waals surface area contributed by atoms with Crippen LogP contribution in [-0.4, -0.2) is 71.3 Å². The Kier molecular flexibility index (Phi) is 15.0.